The number of nitrogens with one attached hydrogen (secondary N) is 1. The Labute approximate surface area is 107 Å². The van der Waals surface area contributed by atoms with Crippen molar-refractivity contribution in [3.8, 4) is 0 Å². The minimum absolute atomic E-state index is 0.0554. The van der Waals surface area contributed by atoms with Crippen LogP contribution in [0.2, 0.25) is 5.15 Å². The standard InChI is InChI=1S/C8H10BrClN2O3S/c1-15-3-2-12-16(13,14)6-4-7(9)8(10)11-5-6/h4-5,12H,2-3H2,1H3. The molecular formula is C8H10BrClN2O3S. The highest BCUT2D eigenvalue weighted by Crippen LogP contribution is 2.22. The Balaban J connectivity index is 2.86. The molecule has 0 amide bonds. The molecule has 0 bridgehead atoms. The Morgan fingerprint density at radius 2 is 2.31 bits per heavy atom. The maximum Gasteiger partial charge on any atom is 0.242 e. The van der Waals surface area contributed by atoms with Crippen molar-refractivity contribution in [2.45, 2.75) is 4.90 Å². The van der Waals surface area contributed by atoms with Crippen LogP contribution in [0, 0.1) is 0 Å². The maximum absolute atomic E-state index is 11.7. The van der Waals surface area contributed by atoms with Crippen LogP contribution in [0.4, 0.5) is 0 Å². The molecule has 0 radical (unpaired) electrons. The van der Waals surface area contributed by atoms with Gasteiger partial charge in [-0.15, -0.1) is 0 Å². The molecule has 0 unspecified atom stereocenters. The Bertz CT molecular complexity index is 466. The lowest BCUT2D eigenvalue weighted by Gasteiger charge is -2.06. The number of sulfonamides is 1. The number of hydrogen-bond acceptors (Lipinski definition) is 4. The molecule has 16 heavy (non-hydrogen) atoms. The summed E-state index contributed by atoms with van der Waals surface area (Å²) in [5.41, 5.74) is 0. The lowest BCUT2D eigenvalue weighted by molar-refractivity contribution is 0.204. The van der Waals surface area contributed by atoms with E-state index < -0.39 is 10.0 Å². The smallest absolute Gasteiger partial charge is 0.242 e. The molecule has 0 fully saturated rings. The minimum atomic E-state index is -3.55. The first-order valence-electron chi connectivity index (χ1n) is 4.27. The van der Waals surface area contributed by atoms with Crippen molar-refractivity contribution in [2.24, 2.45) is 0 Å². The van der Waals surface area contributed by atoms with Crippen LogP contribution in [0.5, 0.6) is 0 Å². The molecule has 0 spiro atoms. The van der Waals surface area contributed by atoms with Crippen LogP contribution in [0.3, 0.4) is 0 Å². The van der Waals surface area contributed by atoms with Crippen LogP contribution in [-0.4, -0.2) is 33.7 Å². The van der Waals surface area contributed by atoms with Gasteiger partial charge in [-0.2, -0.15) is 0 Å². The topological polar surface area (TPSA) is 68.3 Å². The van der Waals surface area contributed by atoms with Gasteiger partial charge in [0.1, 0.15) is 10.0 Å². The van der Waals surface area contributed by atoms with E-state index in [-0.39, 0.29) is 16.6 Å². The fourth-order valence-electron chi connectivity index (χ4n) is 0.912. The fourth-order valence-corrected chi connectivity index (χ4v) is 2.50. The summed E-state index contributed by atoms with van der Waals surface area (Å²) < 4.78 is 30.9. The quantitative estimate of drug-likeness (QED) is 0.655. The van der Waals surface area contributed by atoms with E-state index in [0.29, 0.717) is 11.1 Å². The van der Waals surface area contributed by atoms with Gasteiger partial charge in [-0.1, -0.05) is 11.6 Å². The summed E-state index contributed by atoms with van der Waals surface area (Å²) in [4.78, 5) is 3.80. The van der Waals surface area contributed by atoms with Gasteiger partial charge in [0.25, 0.3) is 0 Å². The maximum atomic E-state index is 11.7. The van der Waals surface area contributed by atoms with E-state index in [0.717, 1.165) is 0 Å². The highest BCUT2D eigenvalue weighted by atomic mass is 79.9. The number of hydrogen-bond donors (Lipinski definition) is 1. The predicted molar refractivity (Wildman–Crippen MR) is 64.0 cm³/mol. The van der Waals surface area contributed by atoms with E-state index in [2.05, 4.69) is 25.6 Å². The third-order valence-electron chi connectivity index (χ3n) is 1.68. The van der Waals surface area contributed by atoms with Gasteiger partial charge in [-0.25, -0.2) is 18.1 Å². The van der Waals surface area contributed by atoms with Gasteiger partial charge in [0.05, 0.1) is 11.1 Å². The summed E-state index contributed by atoms with van der Waals surface area (Å²) in [6.07, 6.45) is 1.20. The number of pyridine rings is 1. The van der Waals surface area contributed by atoms with E-state index in [1.807, 2.05) is 0 Å². The Kier molecular flexibility index (Phi) is 5.13. The van der Waals surface area contributed by atoms with Gasteiger partial charge >= 0.3 is 0 Å². The van der Waals surface area contributed by atoms with Crippen molar-refractivity contribution in [1.29, 1.82) is 0 Å². The van der Waals surface area contributed by atoms with Crippen molar-refractivity contribution < 1.29 is 13.2 Å². The zero-order valence-corrected chi connectivity index (χ0v) is 11.6. The molecule has 8 heteroatoms. The first kappa shape index (κ1) is 13.9. The van der Waals surface area contributed by atoms with Crippen molar-refractivity contribution >= 4 is 37.6 Å². The molecule has 0 aromatic carbocycles. The fraction of sp³-hybridized carbons (Fsp3) is 0.375. The highest BCUT2D eigenvalue weighted by Gasteiger charge is 2.15. The average Bonchev–Trinajstić information content (AvgIpc) is 2.22. The molecule has 0 aliphatic heterocycles. The Hall–Kier alpha value is -0.210. The minimum Gasteiger partial charge on any atom is -0.383 e. The van der Waals surface area contributed by atoms with Crippen molar-refractivity contribution in [1.82, 2.24) is 9.71 Å². The monoisotopic (exact) mass is 328 g/mol. The largest absolute Gasteiger partial charge is 0.383 e. The lowest BCUT2D eigenvalue weighted by Crippen LogP contribution is -2.27. The van der Waals surface area contributed by atoms with Gasteiger partial charge in [-0.05, 0) is 22.0 Å². The Morgan fingerprint density at radius 3 is 2.88 bits per heavy atom. The van der Waals surface area contributed by atoms with Gasteiger partial charge in [0.2, 0.25) is 10.0 Å². The van der Waals surface area contributed by atoms with Gasteiger partial charge in [-0.3, -0.25) is 0 Å². The lowest BCUT2D eigenvalue weighted by atomic mass is 10.5. The molecule has 1 rings (SSSR count). The highest BCUT2D eigenvalue weighted by molar-refractivity contribution is 9.10. The molecular weight excluding hydrogens is 320 g/mol. The van der Waals surface area contributed by atoms with Crippen molar-refractivity contribution in [3.63, 3.8) is 0 Å². The number of halogens is 2. The van der Waals surface area contributed by atoms with Crippen molar-refractivity contribution in [3.05, 3.63) is 21.9 Å². The van der Waals surface area contributed by atoms with Gasteiger partial charge < -0.3 is 4.74 Å². The molecule has 1 aromatic rings. The second-order valence-electron chi connectivity index (χ2n) is 2.83. The molecule has 0 saturated heterocycles. The van der Waals surface area contributed by atoms with E-state index in [1.165, 1.54) is 19.4 Å². The second-order valence-corrected chi connectivity index (χ2v) is 5.81. The van der Waals surface area contributed by atoms with E-state index in [1.54, 1.807) is 0 Å². The second kappa shape index (κ2) is 5.92. The first-order valence-corrected chi connectivity index (χ1v) is 6.92. The van der Waals surface area contributed by atoms with E-state index >= 15 is 0 Å². The summed E-state index contributed by atoms with van der Waals surface area (Å²) in [7, 11) is -2.06. The first-order chi connectivity index (χ1) is 7.47. The van der Waals surface area contributed by atoms with Gasteiger partial charge in [0, 0.05) is 19.9 Å². The van der Waals surface area contributed by atoms with Crippen molar-refractivity contribution in [2.75, 3.05) is 20.3 Å². The van der Waals surface area contributed by atoms with E-state index in [9.17, 15) is 8.42 Å². The number of nitrogens with zero attached hydrogens (tertiary/aromatic N) is 1. The zero-order valence-electron chi connectivity index (χ0n) is 8.41. The molecule has 0 saturated carbocycles. The molecule has 1 aromatic heterocycles. The van der Waals surface area contributed by atoms with Crippen LogP contribution >= 0.6 is 27.5 Å². The predicted octanol–water partition coefficient (Wildman–Crippen LogP) is 1.42. The zero-order chi connectivity index (χ0) is 12.2. The number of methoxy groups -OCH3 is 1. The van der Waals surface area contributed by atoms with Crippen LogP contribution in [0.25, 0.3) is 0 Å². The summed E-state index contributed by atoms with van der Waals surface area (Å²) in [6.45, 7) is 0.514. The molecule has 1 heterocycles. The van der Waals surface area contributed by atoms with Crippen LogP contribution in [-0.2, 0) is 14.8 Å². The molecule has 0 aliphatic rings. The number of aromatic nitrogens is 1. The number of ether oxygens (including phenoxy) is 1. The summed E-state index contributed by atoms with van der Waals surface area (Å²) in [5.74, 6) is 0. The normalized spacial score (nSPS) is 11.7. The Morgan fingerprint density at radius 1 is 1.62 bits per heavy atom. The van der Waals surface area contributed by atoms with Crippen LogP contribution in [0.1, 0.15) is 0 Å². The average molecular weight is 330 g/mol. The van der Waals surface area contributed by atoms with Crippen LogP contribution < -0.4 is 4.72 Å². The summed E-state index contributed by atoms with van der Waals surface area (Å²) in [5, 5.41) is 0.218. The molecule has 5 nitrogen and oxygen atoms in total. The summed E-state index contributed by atoms with van der Waals surface area (Å²) in [6, 6.07) is 1.39. The SMILES string of the molecule is COCCNS(=O)(=O)c1cnc(Cl)c(Br)c1. The third-order valence-corrected chi connectivity index (χ3v) is 4.24. The molecule has 1 N–H and O–H groups in total. The molecule has 90 valence electrons. The van der Waals surface area contributed by atoms with Gasteiger partial charge in [0.15, 0.2) is 0 Å². The number of rotatable bonds is 5. The molecule has 0 atom stereocenters. The third kappa shape index (κ3) is 3.67. The van der Waals surface area contributed by atoms with E-state index in [4.69, 9.17) is 16.3 Å². The molecule has 0 aliphatic carbocycles. The summed E-state index contributed by atoms with van der Waals surface area (Å²) >= 11 is 8.77. The van der Waals surface area contributed by atoms with Crippen LogP contribution in [0.15, 0.2) is 21.6 Å².